The molecule has 14 atom stereocenters. The Morgan fingerprint density at radius 3 is 2.43 bits per heavy atom. The van der Waals surface area contributed by atoms with Gasteiger partial charge in [0.05, 0.1) is 25.4 Å². The van der Waals surface area contributed by atoms with E-state index in [1.807, 2.05) is 0 Å². The Labute approximate surface area is 282 Å². The molecule has 1 aliphatic heterocycles. The van der Waals surface area contributed by atoms with Crippen LogP contribution < -0.4 is 10.6 Å². The maximum Gasteiger partial charge on any atom is 0.240 e. The summed E-state index contributed by atoms with van der Waals surface area (Å²) in [5.74, 6) is 1.44. The largest absolute Gasteiger partial charge is 0.395 e. The summed E-state index contributed by atoms with van der Waals surface area (Å²) in [6.45, 7) is 9.05. The second kappa shape index (κ2) is 15.3. The van der Waals surface area contributed by atoms with Gasteiger partial charge >= 0.3 is 0 Å². The first-order chi connectivity index (χ1) is 22.3. The molecule has 0 aromatic heterocycles. The van der Waals surface area contributed by atoms with Crippen LogP contribution in [0.25, 0.3) is 0 Å². The standard InChI is InChI=1S/C36H64N4O7/c1-20-28-16-25(36(28,3)4)17-29(20)38-35(45)32-31(21(2)43)30(19-42)47-40(32)18-22-9-8-10-27(33(22)46-7)23-13-24(34(44)37-11-12-41)15-26(14-23)39(5)6/h20-33,41-43H,8-19H2,1-7H3,(H,37,44)(H,38,45)/t20-,21-,22?,23?,24?,25+,26?,27?,28-,29-,30-,31-,32-,33?/m0/s1. The summed E-state index contributed by atoms with van der Waals surface area (Å²) in [6.07, 6.45) is 6.17. The van der Waals surface area contributed by atoms with E-state index in [4.69, 9.17) is 9.57 Å². The number of amides is 2. The monoisotopic (exact) mass is 664 g/mol. The molecular weight excluding hydrogens is 600 g/mol. The molecule has 1 saturated heterocycles. The van der Waals surface area contributed by atoms with Crippen molar-refractivity contribution in [3.63, 3.8) is 0 Å². The summed E-state index contributed by atoms with van der Waals surface area (Å²) in [4.78, 5) is 35.8. The summed E-state index contributed by atoms with van der Waals surface area (Å²) >= 11 is 0. The number of nitrogens with zero attached hydrogens (tertiary/aromatic N) is 2. The lowest BCUT2D eigenvalue weighted by atomic mass is 9.45. The van der Waals surface area contributed by atoms with Crippen molar-refractivity contribution in [3.8, 4) is 0 Å². The van der Waals surface area contributed by atoms with Crippen LogP contribution in [0.4, 0.5) is 0 Å². The van der Waals surface area contributed by atoms with Gasteiger partial charge in [-0.2, -0.15) is 5.06 Å². The van der Waals surface area contributed by atoms with Crippen molar-refractivity contribution in [1.29, 1.82) is 0 Å². The van der Waals surface area contributed by atoms with E-state index in [0.717, 1.165) is 44.9 Å². The second-order valence-electron chi connectivity index (χ2n) is 16.6. The third-order valence-corrected chi connectivity index (χ3v) is 13.6. The zero-order valence-corrected chi connectivity index (χ0v) is 29.9. The highest BCUT2D eigenvalue weighted by atomic mass is 16.7. The number of fused-ring (bicyclic) bond motifs is 2. The predicted octanol–water partition coefficient (Wildman–Crippen LogP) is 2.03. The van der Waals surface area contributed by atoms with Crippen molar-refractivity contribution < 1.29 is 34.5 Å². The number of aliphatic hydroxyl groups is 3. The average molecular weight is 665 g/mol. The fraction of sp³-hybridized carbons (Fsp3) is 0.944. The van der Waals surface area contributed by atoms with Crippen LogP contribution in [0.15, 0.2) is 0 Å². The van der Waals surface area contributed by atoms with Gasteiger partial charge in [0.15, 0.2) is 0 Å². The number of nitrogens with one attached hydrogen (secondary N) is 2. The molecule has 11 nitrogen and oxygen atoms in total. The lowest BCUT2D eigenvalue weighted by Gasteiger charge is -2.62. The first-order valence-electron chi connectivity index (χ1n) is 18.4. The molecule has 6 rings (SSSR count). The van der Waals surface area contributed by atoms with E-state index in [2.05, 4.69) is 50.4 Å². The van der Waals surface area contributed by atoms with E-state index in [1.54, 1.807) is 19.1 Å². The molecule has 5 saturated carbocycles. The molecule has 11 heteroatoms. The summed E-state index contributed by atoms with van der Waals surface area (Å²) in [7, 11) is 5.93. The third kappa shape index (κ3) is 7.42. The third-order valence-electron chi connectivity index (χ3n) is 13.6. The molecule has 0 aromatic carbocycles. The van der Waals surface area contributed by atoms with Gasteiger partial charge in [-0.15, -0.1) is 0 Å². The Kier molecular flexibility index (Phi) is 12.0. The Hall–Kier alpha value is -1.34. The van der Waals surface area contributed by atoms with Crippen molar-refractivity contribution in [2.45, 2.75) is 115 Å². The summed E-state index contributed by atoms with van der Waals surface area (Å²) in [6, 6.07) is -0.341. The molecule has 0 aromatic rings. The van der Waals surface area contributed by atoms with Gasteiger partial charge in [0, 0.05) is 50.0 Å². The SMILES string of the molecule is COC1C(CN2O[C@@H](CO)[C@H]([C@H](C)O)[C@H]2C(=O)N[C@H]2C[C@H]3C[C@@H]([C@@H]2C)C3(C)C)CCCC1C1CC(C(=O)NCCO)CC(N(C)C)C1. The number of rotatable bonds is 12. The van der Waals surface area contributed by atoms with E-state index < -0.39 is 24.2 Å². The predicted molar refractivity (Wildman–Crippen MR) is 179 cm³/mol. The van der Waals surface area contributed by atoms with Crippen molar-refractivity contribution in [2.75, 3.05) is 47.5 Å². The first-order valence-corrected chi connectivity index (χ1v) is 18.4. The van der Waals surface area contributed by atoms with E-state index in [-0.39, 0.29) is 67.5 Å². The van der Waals surface area contributed by atoms with Crippen molar-refractivity contribution >= 4 is 11.8 Å². The Morgan fingerprint density at radius 1 is 1.09 bits per heavy atom. The number of hydrogen-bond donors (Lipinski definition) is 5. The molecule has 5 aliphatic carbocycles. The minimum Gasteiger partial charge on any atom is -0.395 e. The van der Waals surface area contributed by atoms with Crippen molar-refractivity contribution in [1.82, 2.24) is 20.6 Å². The van der Waals surface area contributed by atoms with Crippen molar-refractivity contribution in [3.05, 3.63) is 0 Å². The molecular formula is C36H64N4O7. The average Bonchev–Trinajstić information content (AvgIpc) is 3.42. The van der Waals surface area contributed by atoms with Gasteiger partial charge in [-0.1, -0.05) is 27.2 Å². The van der Waals surface area contributed by atoms with E-state index in [9.17, 15) is 24.9 Å². The number of ether oxygens (including phenoxy) is 1. The Bertz CT molecular complexity index is 1070. The van der Waals surface area contributed by atoms with Gasteiger partial charge in [-0.3, -0.25) is 14.4 Å². The first kappa shape index (κ1) is 36.9. The number of carbonyl (C=O) groups is 2. The highest BCUT2D eigenvalue weighted by molar-refractivity contribution is 5.83. The number of hydroxylamine groups is 2. The zero-order valence-electron chi connectivity index (χ0n) is 29.9. The maximum absolute atomic E-state index is 14.2. The summed E-state index contributed by atoms with van der Waals surface area (Å²) in [5.41, 5.74) is 0.314. The quantitative estimate of drug-likeness (QED) is 0.212. The molecule has 47 heavy (non-hydrogen) atoms. The fourth-order valence-corrected chi connectivity index (χ4v) is 10.7. The number of carbonyl (C=O) groups excluding carboxylic acids is 2. The molecule has 270 valence electrons. The second-order valence-corrected chi connectivity index (χ2v) is 16.6. The highest BCUT2D eigenvalue weighted by Gasteiger charge is 2.58. The van der Waals surface area contributed by atoms with Crippen molar-refractivity contribution in [2.24, 2.45) is 52.8 Å². The number of aliphatic hydroxyl groups excluding tert-OH is 3. The fourth-order valence-electron chi connectivity index (χ4n) is 10.7. The summed E-state index contributed by atoms with van der Waals surface area (Å²) < 4.78 is 6.30. The van der Waals surface area contributed by atoms with E-state index in [1.165, 1.54) is 6.42 Å². The van der Waals surface area contributed by atoms with Gasteiger partial charge in [0.1, 0.15) is 12.1 Å². The molecule has 5 N–H and O–H groups in total. The van der Waals surface area contributed by atoms with Gasteiger partial charge in [-0.05, 0) is 101 Å². The minimum atomic E-state index is -0.833. The van der Waals surface area contributed by atoms with Crippen LogP contribution in [0, 0.1) is 52.8 Å². The van der Waals surface area contributed by atoms with Gasteiger partial charge in [0.25, 0.3) is 0 Å². The minimum absolute atomic E-state index is 0.0172. The maximum atomic E-state index is 14.2. The number of methoxy groups -OCH3 is 1. The Balaban J connectivity index is 1.32. The van der Waals surface area contributed by atoms with Crippen LogP contribution in [0.1, 0.15) is 79.1 Å². The normalized spacial score (nSPS) is 42.5. The summed E-state index contributed by atoms with van der Waals surface area (Å²) in [5, 5.41) is 38.5. The smallest absolute Gasteiger partial charge is 0.240 e. The molecule has 2 bridgehead atoms. The number of hydrogen-bond acceptors (Lipinski definition) is 9. The van der Waals surface area contributed by atoms with Gasteiger partial charge < -0.3 is 35.6 Å². The van der Waals surface area contributed by atoms with Gasteiger partial charge in [0.2, 0.25) is 11.8 Å². The van der Waals surface area contributed by atoms with Crippen LogP contribution in [0.3, 0.4) is 0 Å². The van der Waals surface area contributed by atoms with Crippen LogP contribution >= 0.6 is 0 Å². The van der Waals surface area contributed by atoms with Crippen LogP contribution in [-0.2, 0) is 19.2 Å². The van der Waals surface area contributed by atoms with Crippen LogP contribution in [0.2, 0.25) is 0 Å². The lowest BCUT2D eigenvalue weighted by Crippen LogP contribution is -2.62. The molecule has 6 aliphatic rings. The lowest BCUT2D eigenvalue weighted by molar-refractivity contribution is -0.193. The topological polar surface area (TPSA) is 144 Å². The zero-order chi connectivity index (χ0) is 34.2. The molecule has 1 heterocycles. The van der Waals surface area contributed by atoms with E-state index in [0.29, 0.717) is 35.6 Å². The molecule has 6 fully saturated rings. The van der Waals surface area contributed by atoms with Crippen LogP contribution in [-0.4, -0.2) is 121 Å². The molecule has 0 radical (unpaired) electrons. The van der Waals surface area contributed by atoms with Crippen LogP contribution in [0.5, 0.6) is 0 Å². The van der Waals surface area contributed by atoms with E-state index >= 15 is 0 Å². The molecule has 2 amide bonds. The Morgan fingerprint density at radius 2 is 1.83 bits per heavy atom. The highest BCUT2D eigenvalue weighted by Crippen LogP contribution is 2.61. The van der Waals surface area contributed by atoms with Gasteiger partial charge in [-0.25, -0.2) is 0 Å². The molecule has 0 spiro atoms. The molecule has 6 unspecified atom stereocenters.